The normalized spacial score (nSPS) is 17.2. The van der Waals surface area contributed by atoms with E-state index in [1.54, 1.807) is 17.5 Å². The molecule has 1 aliphatic heterocycles. The fourth-order valence-electron chi connectivity index (χ4n) is 4.10. The van der Waals surface area contributed by atoms with Gasteiger partial charge in [-0.25, -0.2) is 0 Å². The number of aromatic nitrogens is 1. The molecule has 176 valence electrons. The molecule has 0 saturated carbocycles. The number of para-hydroxylation sites is 1. The zero-order chi connectivity index (χ0) is 24.2. The minimum absolute atomic E-state index is 0.0317. The third kappa shape index (κ3) is 5.18. The minimum atomic E-state index is -0.220. The number of rotatable bonds is 7. The molecule has 3 heterocycles. The van der Waals surface area contributed by atoms with Gasteiger partial charge in [0.25, 0.3) is 5.91 Å². The summed E-state index contributed by atoms with van der Waals surface area (Å²) in [5.74, 6) is 0.437. The van der Waals surface area contributed by atoms with Crippen molar-refractivity contribution in [3.8, 4) is 5.75 Å². The van der Waals surface area contributed by atoms with E-state index in [2.05, 4.69) is 39.6 Å². The van der Waals surface area contributed by atoms with Crippen LogP contribution in [0.25, 0.3) is 0 Å². The van der Waals surface area contributed by atoms with Crippen LogP contribution in [0.1, 0.15) is 27.5 Å². The van der Waals surface area contributed by atoms with Crippen LogP contribution in [0.5, 0.6) is 5.75 Å². The number of nitrogens with one attached hydrogen (secondary N) is 2. The second kappa shape index (κ2) is 10.2. The minimum Gasteiger partial charge on any atom is -0.484 e. The molecule has 0 radical (unpaired) electrons. The Bertz CT molecular complexity index is 1310. The highest BCUT2D eigenvalue weighted by molar-refractivity contribution is 7.80. The van der Waals surface area contributed by atoms with Crippen LogP contribution < -0.4 is 20.3 Å². The molecular formula is C27H24N4O2S2. The monoisotopic (exact) mass is 500 g/mol. The summed E-state index contributed by atoms with van der Waals surface area (Å²) < 4.78 is 5.53. The van der Waals surface area contributed by atoms with Gasteiger partial charge in [0.15, 0.2) is 11.7 Å². The number of carbonyl (C=O) groups is 1. The molecule has 0 bridgehead atoms. The number of aryl methyl sites for hydroxylation is 1. The van der Waals surface area contributed by atoms with Crippen LogP contribution in [-0.4, -0.2) is 22.6 Å². The molecular weight excluding hydrogens is 476 g/mol. The standard InChI is InChI=1S/C27H24N4O2S2/c1-18-10-15-23(35-18)26-25(22-9-5-6-16-28-22)30-27(34)31(26)20-13-11-19(12-14-20)29-24(32)17-33-21-7-3-2-4-8-21/h2-16,25-26H,17H2,1H3,(H,29,32)(H,30,34)/t25-,26-/m0/s1. The molecule has 2 N–H and O–H groups in total. The van der Waals surface area contributed by atoms with Crippen molar-refractivity contribution in [1.82, 2.24) is 10.3 Å². The van der Waals surface area contributed by atoms with Crippen LogP contribution in [0, 0.1) is 6.92 Å². The first-order chi connectivity index (χ1) is 17.1. The van der Waals surface area contributed by atoms with Gasteiger partial charge in [0, 0.05) is 27.3 Å². The predicted molar refractivity (Wildman–Crippen MR) is 144 cm³/mol. The highest BCUT2D eigenvalue weighted by Crippen LogP contribution is 2.43. The van der Waals surface area contributed by atoms with Gasteiger partial charge in [-0.05, 0) is 79.8 Å². The number of pyridine rings is 1. The second-order valence-electron chi connectivity index (χ2n) is 8.14. The number of nitrogens with zero attached hydrogens (tertiary/aromatic N) is 2. The average Bonchev–Trinajstić information content (AvgIpc) is 3.47. The molecule has 2 aromatic carbocycles. The Kier molecular flexibility index (Phi) is 6.74. The van der Waals surface area contributed by atoms with Crippen LogP contribution in [-0.2, 0) is 4.79 Å². The average molecular weight is 501 g/mol. The Morgan fingerprint density at radius 2 is 1.83 bits per heavy atom. The Morgan fingerprint density at radius 1 is 1.06 bits per heavy atom. The molecule has 0 aliphatic carbocycles. The number of ether oxygens (including phenoxy) is 1. The maximum Gasteiger partial charge on any atom is 0.262 e. The smallest absolute Gasteiger partial charge is 0.262 e. The van der Waals surface area contributed by atoms with Crippen molar-refractivity contribution >= 4 is 45.9 Å². The van der Waals surface area contributed by atoms with Gasteiger partial charge >= 0.3 is 0 Å². The van der Waals surface area contributed by atoms with E-state index >= 15 is 0 Å². The van der Waals surface area contributed by atoms with Crippen molar-refractivity contribution in [2.75, 3.05) is 16.8 Å². The lowest BCUT2D eigenvalue weighted by Crippen LogP contribution is -2.29. The molecule has 1 amide bonds. The molecule has 0 spiro atoms. The lowest BCUT2D eigenvalue weighted by molar-refractivity contribution is -0.118. The van der Waals surface area contributed by atoms with Crippen molar-refractivity contribution < 1.29 is 9.53 Å². The lowest BCUT2D eigenvalue weighted by Gasteiger charge is -2.27. The summed E-state index contributed by atoms with van der Waals surface area (Å²) in [5.41, 5.74) is 2.57. The molecule has 5 rings (SSSR count). The molecule has 1 aliphatic rings. The molecule has 1 saturated heterocycles. The van der Waals surface area contributed by atoms with Crippen molar-refractivity contribution in [2.24, 2.45) is 0 Å². The Labute approximate surface area is 213 Å². The molecule has 2 atom stereocenters. The fraction of sp³-hybridized carbons (Fsp3) is 0.148. The van der Waals surface area contributed by atoms with Crippen molar-refractivity contribution in [1.29, 1.82) is 0 Å². The number of hydrogen-bond donors (Lipinski definition) is 2. The first kappa shape index (κ1) is 23.0. The fourth-order valence-corrected chi connectivity index (χ4v) is 5.45. The maximum absolute atomic E-state index is 12.3. The molecule has 0 unspecified atom stereocenters. The van der Waals surface area contributed by atoms with E-state index in [9.17, 15) is 4.79 Å². The number of thiophene rings is 1. The van der Waals surface area contributed by atoms with Gasteiger partial charge in [-0.3, -0.25) is 9.78 Å². The third-order valence-corrected chi connectivity index (χ3v) is 7.08. The van der Waals surface area contributed by atoms with Gasteiger partial charge in [-0.15, -0.1) is 11.3 Å². The summed E-state index contributed by atoms with van der Waals surface area (Å²) in [6.07, 6.45) is 1.80. The molecule has 8 heteroatoms. The topological polar surface area (TPSA) is 66.5 Å². The molecule has 4 aromatic rings. The number of amides is 1. The number of benzene rings is 2. The van der Waals surface area contributed by atoms with E-state index in [4.69, 9.17) is 17.0 Å². The summed E-state index contributed by atoms with van der Waals surface area (Å²) in [4.78, 5) is 21.5. The third-order valence-electron chi connectivity index (χ3n) is 5.69. The Morgan fingerprint density at radius 3 is 2.51 bits per heavy atom. The predicted octanol–water partition coefficient (Wildman–Crippen LogP) is 5.65. The van der Waals surface area contributed by atoms with Crippen LogP contribution in [0.2, 0.25) is 0 Å². The van der Waals surface area contributed by atoms with Gasteiger partial charge in [-0.1, -0.05) is 24.3 Å². The number of thiocarbonyl (C=S) groups is 1. The SMILES string of the molecule is Cc1ccc([C@H]2[C@H](c3ccccn3)NC(=S)N2c2ccc(NC(=O)COc3ccccc3)cc2)s1. The van der Waals surface area contributed by atoms with Crippen molar-refractivity contribution in [2.45, 2.75) is 19.0 Å². The quantitative estimate of drug-likeness (QED) is 0.320. The van der Waals surface area contributed by atoms with Gasteiger partial charge < -0.3 is 20.3 Å². The van der Waals surface area contributed by atoms with E-state index in [-0.39, 0.29) is 24.6 Å². The van der Waals surface area contributed by atoms with Crippen LogP contribution in [0.15, 0.2) is 91.1 Å². The summed E-state index contributed by atoms with van der Waals surface area (Å²) >= 11 is 7.53. The zero-order valence-corrected chi connectivity index (χ0v) is 20.7. The Balaban J connectivity index is 1.34. The van der Waals surface area contributed by atoms with Gasteiger partial charge in [-0.2, -0.15) is 0 Å². The summed E-state index contributed by atoms with van der Waals surface area (Å²) in [6, 6.07) is 27.1. The van der Waals surface area contributed by atoms with E-state index in [0.29, 0.717) is 16.5 Å². The molecule has 35 heavy (non-hydrogen) atoms. The van der Waals surface area contributed by atoms with E-state index in [1.165, 1.54) is 9.75 Å². The maximum atomic E-state index is 12.3. The van der Waals surface area contributed by atoms with Crippen molar-refractivity contribution in [3.05, 3.63) is 107 Å². The Hall–Kier alpha value is -3.75. The second-order valence-corrected chi connectivity index (χ2v) is 9.85. The first-order valence-corrected chi connectivity index (χ1v) is 12.5. The van der Waals surface area contributed by atoms with Gasteiger partial charge in [0.2, 0.25) is 0 Å². The lowest BCUT2D eigenvalue weighted by atomic mass is 10.0. The van der Waals surface area contributed by atoms with Crippen LogP contribution >= 0.6 is 23.6 Å². The van der Waals surface area contributed by atoms with E-state index in [0.717, 1.165) is 11.4 Å². The first-order valence-electron chi connectivity index (χ1n) is 11.2. The highest BCUT2D eigenvalue weighted by Gasteiger charge is 2.41. The van der Waals surface area contributed by atoms with Crippen molar-refractivity contribution in [3.63, 3.8) is 0 Å². The number of anilines is 2. The van der Waals surface area contributed by atoms with Gasteiger partial charge in [0.1, 0.15) is 5.75 Å². The number of hydrogen-bond acceptors (Lipinski definition) is 5. The number of carbonyl (C=O) groups excluding carboxylic acids is 1. The summed E-state index contributed by atoms with van der Waals surface area (Å²) in [7, 11) is 0. The van der Waals surface area contributed by atoms with Gasteiger partial charge in [0.05, 0.1) is 17.8 Å². The molecule has 2 aromatic heterocycles. The highest BCUT2D eigenvalue weighted by atomic mass is 32.1. The van der Waals surface area contributed by atoms with Crippen LogP contribution in [0.4, 0.5) is 11.4 Å². The zero-order valence-electron chi connectivity index (χ0n) is 19.0. The largest absolute Gasteiger partial charge is 0.484 e. The summed E-state index contributed by atoms with van der Waals surface area (Å²) in [6.45, 7) is 2.05. The van der Waals surface area contributed by atoms with E-state index < -0.39 is 0 Å². The van der Waals surface area contributed by atoms with E-state index in [1.807, 2.05) is 72.8 Å². The molecule has 6 nitrogen and oxygen atoms in total. The molecule has 1 fully saturated rings. The van der Waals surface area contributed by atoms with Crippen LogP contribution in [0.3, 0.4) is 0 Å². The summed E-state index contributed by atoms with van der Waals surface area (Å²) in [5, 5.41) is 7.00.